The van der Waals surface area contributed by atoms with Crippen LogP contribution < -0.4 is 16.0 Å². The molecule has 2 amide bonds. The van der Waals surface area contributed by atoms with E-state index in [1.165, 1.54) is 7.11 Å². The Morgan fingerprint density at radius 1 is 1.32 bits per heavy atom. The molecule has 0 radical (unpaired) electrons. The molecule has 4 aliphatic rings. The Morgan fingerprint density at radius 3 is 2.76 bits per heavy atom. The van der Waals surface area contributed by atoms with E-state index >= 15 is 0 Å². The van der Waals surface area contributed by atoms with Crippen LogP contribution in [0.3, 0.4) is 0 Å². The van der Waals surface area contributed by atoms with Crippen LogP contribution in [0, 0.1) is 5.92 Å². The number of esters is 1. The molecule has 7 heteroatoms. The Balaban J connectivity index is 1.32. The number of nitrogens with one attached hydrogen (secondary N) is 3. The molecule has 2 saturated heterocycles. The van der Waals surface area contributed by atoms with E-state index < -0.39 is 0 Å². The number of carbonyl (C=O) groups is 2. The molecular weight excluding hydrogens is 320 g/mol. The van der Waals surface area contributed by atoms with Gasteiger partial charge in [-0.05, 0) is 50.3 Å². The van der Waals surface area contributed by atoms with E-state index in [0.717, 1.165) is 49.5 Å². The third kappa shape index (κ3) is 3.33. The van der Waals surface area contributed by atoms with Gasteiger partial charge in [-0.1, -0.05) is 0 Å². The quantitative estimate of drug-likeness (QED) is 0.677. The third-order valence-electron chi connectivity index (χ3n) is 5.49. The van der Waals surface area contributed by atoms with Crippen LogP contribution in [0.5, 0.6) is 0 Å². The van der Waals surface area contributed by atoms with E-state index in [0.29, 0.717) is 24.6 Å². The van der Waals surface area contributed by atoms with Gasteiger partial charge in [0.1, 0.15) is 0 Å². The van der Waals surface area contributed by atoms with Crippen LogP contribution in [0.1, 0.15) is 53.3 Å². The van der Waals surface area contributed by atoms with Crippen LogP contribution in [-0.2, 0) is 11.3 Å². The predicted octanol–water partition coefficient (Wildman–Crippen LogP) is 1.30. The van der Waals surface area contributed by atoms with Gasteiger partial charge in [-0.3, -0.25) is 4.98 Å². The highest BCUT2D eigenvalue weighted by Crippen LogP contribution is 2.43. The highest BCUT2D eigenvalue weighted by Gasteiger charge is 2.49. The third-order valence-corrected chi connectivity index (χ3v) is 5.49. The maximum Gasteiger partial charge on any atom is 0.339 e. The van der Waals surface area contributed by atoms with Crippen molar-refractivity contribution in [3.8, 4) is 0 Å². The lowest BCUT2D eigenvalue weighted by atomic mass is 9.74. The van der Waals surface area contributed by atoms with Crippen molar-refractivity contribution in [3.63, 3.8) is 0 Å². The number of rotatable bonds is 6. The first-order chi connectivity index (χ1) is 12.1. The second-order valence-electron chi connectivity index (χ2n) is 7.47. The lowest BCUT2D eigenvalue weighted by molar-refractivity contribution is 0.0598. The smallest absolute Gasteiger partial charge is 0.339 e. The van der Waals surface area contributed by atoms with Gasteiger partial charge in [-0.25, -0.2) is 9.59 Å². The molecule has 25 heavy (non-hydrogen) atoms. The largest absolute Gasteiger partial charge is 0.465 e. The first kappa shape index (κ1) is 16.3. The maximum absolute atomic E-state index is 12.0. The molecule has 0 atom stereocenters. The molecule has 7 nitrogen and oxygen atoms in total. The summed E-state index contributed by atoms with van der Waals surface area (Å²) < 4.78 is 4.82. The first-order valence-corrected chi connectivity index (χ1v) is 8.93. The highest BCUT2D eigenvalue weighted by atomic mass is 16.5. The van der Waals surface area contributed by atoms with Crippen LogP contribution in [-0.4, -0.2) is 42.7 Å². The summed E-state index contributed by atoms with van der Waals surface area (Å²) in [6.07, 6.45) is 4.41. The number of carbonyl (C=O) groups excluding carboxylic acids is 2. The van der Waals surface area contributed by atoms with E-state index in [1.54, 1.807) is 12.1 Å². The van der Waals surface area contributed by atoms with Gasteiger partial charge in [0.25, 0.3) is 0 Å². The number of methoxy groups -OCH3 is 1. The van der Waals surface area contributed by atoms with E-state index in [4.69, 9.17) is 4.74 Å². The zero-order valence-corrected chi connectivity index (χ0v) is 14.4. The number of nitrogens with zero attached hydrogens (tertiary/aromatic N) is 1. The summed E-state index contributed by atoms with van der Waals surface area (Å²) in [7, 11) is 1.38. The van der Waals surface area contributed by atoms with Crippen molar-refractivity contribution in [2.24, 2.45) is 5.92 Å². The molecule has 2 saturated carbocycles. The Morgan fingerprint density at radius 2 is 2.12 bits per heavy atom. The normalized spacial score (nSPS) is 26.7. The fraction of sp³-hybridized carbons (Fsp3) is 0.611. The maximum atomic E-state index is 12.0. The molecule has 1 aromatic rings. The second-order valence-corrected chi connectivity index (χ2v) is 7.47. The summed E-state index contributed by atoms with van der Waals surface area (Å²) in [4.78, 5) is 28.5. The van der Waals surface area contributed by atoms with Crippen molar-refractivity contribution in [1.29, 1.82) is 0 Å². The first-order valence-electron chi connectivity index (χ1n) is 8.93. The molecule has 0 spiro atoms. The summed E-state index contributed by atoms with van der Waals surface area (Å²) in [6, 6.07) is 3.34. The molecular formula is C18H24N4O3. The predicted molar refractivity (Wildman–Crippen MR) is 91.2 cm³/mol. The number of hydrogen-bond donors (Lipinski definition) is 3. The van der Waals surface area contributed by atoms with Gasteiger partial charge in [0.15, 0.2) is 0 Å². The standard InChI is InChI=1S/C18H24N4O3/c1-25-16(23)14-5-4-13(22-15(14)12-2-3-12)9-19-17(24)20-10-18-6-11(7-18)8-21-18/h4-5,11-12,21H,2-3,6-10H2,1H3,(H2,19,20,24). The Bertz CT molecular complexity index is 690. The minimum atomic E-state index is -0.353. The Hall–Kier alpha value is -2.15. The van der Waals surface area contributed by atoms with Crippen LogP contribution in [0.25, 0.3) is 0 Å². The van der Waals surface area contributed by atoms with Gasteiger partial charge in [-0.2, -0.15) is 0 Å². The average molecular weight is 344 g/mol. The molecule has 4 fully saturated rings. The summed E-state index contributed by atoms with van der Waals surface area (Å²) in [5, 5.41) is 9.28. The van der Waals surface area contributed by atoms with Crippen LogP contribution >= 0.6 is 0 Å². The monoisotopic (exact) mass is 344 g/mol. The van der Waals surface area contributed by atoms with Gasteiger partial charge >= 0.3 is 12.0 Å². The summed E-state index contributed by atoms with van der Waals surface area (Å²) in [5.41, 5.74) is 2.21. The number of ether oxygens (including phenoxy) is 1. The summed E-state index contributed by atoms with van der Waals surface area (Å²) in [6.45, 7) is 2.08. The molecule has 3 N–H and O–H groups in total. The summed E-state index contributed by atoms with van der Waals surface area (Å²) >= 11 is 0. The van der Waals surface area contributed by atoms with E-state index in [9.17, 15) is 9.59 Å². The van der Waals surface area contributed by atoms with Gasteiger partial charge in [0.2, 0.25) is 0 Å². The number of fused-ring (bicyclic) bond motifs is 1. The molecule has 134 valence electrons. The molecule has 2 aliphatic carbocycles. The van der Waals surface area contributed by atoms with Crippen molar-refractivity contribution in [2.75, 3.05) is 20.2 Å². The van der Waals surface area contributed by atoms with Crippen molar-refractivity contribution in [3.05, 3.63) is 29.1 Å². The topological polar surface area (TPSA) is 92.3 Å². The lowest BCUT2D eigenvalue weighted by Gasteiger charge is -2.37. The van der Waals surface area contributed by atoms with E-state index in [1.807, 2.05) is 0 Å². The number of amides is 2. The van der Waals surface area contributed by atoms with Crippen LogP contribution in [0.2, 0.25) is 0 Å². The highest BCUT2D eigenvalue weighted by molar-refractivity contribution is 5.90. The Kier molecular flexibility index (Phi) is 4.11. The second kappa shape index (κ2) is 6.29. The van der Waals surface area contributed by atoms with Gasteiger partial charge in [-0.15, -0.1) is 0 Å². The molecule has 1 aromatic heterocycles. The zero-order valence-electron chi connectivity index (χ0n) is 14.4. The molecule has 0 aromatic carbocycles. The number of pyridine rings is 1. The minimum absolute atomic E-state index is 0.127. The van der Waals surface area contributed by atoms with E-state index in [2.05, 4.69) is 20.9 Å². The van der Waals surface area contributed by atoms with Crippen molar-refractivity contribution in [1.82, 2.24) is 20.9 Å². The number of aromatic nitrogens is 1. The van der Waals surface area contributed by atoms with Gasteiger partial charge in [0.05, 0.1) is 30.6 Å². The SMILES string of the molecule is COC(=O)c1ccc(CNC(=O)NCC23CC(CN2)C3)nc1C1CC1. The van der Waals surface area contributed by atoms with Crippen LogP contribution in [0.15, 0.2) is 12.1 Å². The molecule has 2 bridgehead atoms. The number of hydrogen-bond acceptors (Lipinski definition) is 5. The van der Waals surface area contributed by atoms with Crippen molar-refractivity contribution < 1.29 is 14.3 Å². The molecule has 0 unspecified atom stereocenters. The van der Waals surface area contributed by atoms with Crippen LogP contribution in [0.4, 0.5) is 4.79 Å². The average Bonchev–Trinajstić information content (AvgIpc) is 3.26. The summed E-state index contributed by atoms with van der Waals surface area (Å²) in [5.74, 6) is 0.777. The molecule has 5 rings (SSSR count). The lowest BCUT2D eigenvalue weighted by Crippen LogP contribution is -2.53. The minimum Gasteiger partial charge on any atom is -0.465 e. The fourth-order valence-electron chi connectivity index (χ4n) is 3.95. The molecule has 2 aliphatic heterocycles. The van der Waals surface area contributed by atoms with Gasteiger partial charge < -0.3 is 20.7 Å². The van der Waals surface area contributed by atoms with Crippen molar-refractivity contribution >= 4 is 12.0 Å². The Labute approximate surface area is 146 Å². The molecule has 3 heterocycles. The van der Waals surface area contributed by atoms with E-state index in [-0.39, 0.29) is 17.5 Å². The van der Waals surface area contributed by atoms with Crippen molar-refractivity contribution in [2.45, 2.75) is 43.7 Å². The fourth-order valence-corrected chi connectivity index (χ4v) is 3.95. The van der Waals surface area contributed by atoms with Gasteiger partial charge in [0, 0.05) is 18.0 Å². The number of urea groups is 1. The zero-order chi connectivity index (χ0) is 17.4.